The highest BCUT2D eigenvalue weighted by molar-refractivity contribution is 5.27. The van der Waals surface area contributed by atoms with Crippen molar-refractivity contribution in [3.63, 3.8) is 0 Å². The van der Waals surface area contributed by atoms with Crippen molar-refractivity contribution in [2.24, 2.45) is 58.2 Å². The molecule has 30 heavy (non-hydrogen) atoms. The molecule has 0 radical (unpaired) electrons. The normalized spacial score (nSPS) is 46.2. The summed E-state index contributed by atoms with van der Waals surface area (Å²) in [5.41, 5.74) is 3.05. The molecule has 0 heterocycles. The van der Waals surface area contributed by atoms with Crippen LogP contribution in [0.15, 0.2) is 11.6 Å². The third kappa shape index (κ3) is 3.64. The van der Waals surface area contributed by atoms with Crippen LogP contribution in [0.1, 0.15) is 106 Å². The number of allylic oxidation sites excluding steroid dienone is 2. The maximum Gasteiger partial charge on any atom is 0.0459 e. The summed E-state index contributed by atoms with van der Waals surface area (Å²) in [5.74, 6) is 6.43. The minimum absolute atomic E-state index is 0.340. The molecule has 0 saturated heterocycles. The highest BCUT2D eigenvalue weighted by Gasteiger charge is 2.58. The molecule has 1 N–H and O–H groups in total. The summed E-state index contributed by atoms with van der Waals surface area (Å²) in [6, 6.07) is 0. The molecule has 4 aliphatic carbocycles. The van der Waals surface area contributed by atoms with E-state index >= 15 is 0 Å². The molecule has 0 aromatic carbocycles. The molecule has 0 bridgehead atoms. The standard InChI is InChI=1S/C29H50O/c1-19(22(4)18-30)9-10-21(3)25-13-14-26-23-11-12-24-20(2)8-7-16-28(24,5)27(23)15-17-29(25,26)6/h11,19-22,24-27,30H,7-10,12-18H2,1-6H3/t19-,20?,21+,22?,24?,25+,26-,27-,28-,29+/m0/s1. The number of aliphatic hydroxyl groups is 1. The number of aliphatic hydroxyl groups excluding tert-OH is 1. The average Bonchev–Trinajstić information content (AvgIpc) is 3.08. The second-order valence-electron chi connectivity index (χ2n) is 12.9. The summed E-state index contributed by atoms with van der Waals surface area (Å²) in [5, 5.41) is 9.50. The van der Waals surface area contributed by atoms with Crippen LogP contribution in [0.25, 0.3) is 0 Å². The van der Waals surface area contributed by atoms with Gasteiger partial charge in [0.05, 0.1) is 0 Å². The van der Waals surface area contributed by atoms with E-state index in [1.807, 2.05) is 5.57 Å². The second kappa shape index (κ2) is 8.57. The zero-order chi connectivity index (χ0) is 21.7. The van der Waals surface area contributed by atoms with Crippen LogP contribution in [0.2, 0.25) is 0 Å². The van der Waals surface area contributed by atoms with Crippen molar-refractivity contribution in [1.29, 1.82) is 0 Å². The van der Waals surface area contributed by atoms with Gasteiger partial charge < -0.3 is 5.11 Å². The van der Waals surface area contributed by atoms with Crippen LogP contribution >= 0.6 is 0 Å². The van der Waals surface area contributed by atoms with Crippen LogP contribution in [0.4, 0.5) is 0 Å². The van der Waals surface area contributed by atoms with Gasteiger partial charge in [-0.1, -0.05) is 78.9 Å². The van der Waals surface area contributed by atoms with Crippen molar-refractivity contribution in [1.82, 2.24) is 0 Å². The molecule has 0 amide bonds. The topological polar surface area (TPSA) is 20.2 Å². The van der Waals surface area contributed by atoms with E-state index in [0.717, 1.165) is 35.5 Å². The molecular weight excluding hydrogens is 364 g/mol. The third-order valence-electron chi connectivity index (χ3n) is 11.5. The lowest BCUT2D eigenvalue weighted by molar-refractivity contribution is -0.0288. The van der Waals surface area contributed by atoms with Crippen LogP contribution in [0.5, 0.6) is 0 Å². The Morgan fingerprint density at radius 3 is 2.40 bits per heavy atom. The molecule has 3 fully saturated rings. The molecule has 0 aromatic heterocycles. The molecule has 4 rings (SSSR count). The van der Waals surface area contributed by atoms with Crippen molar-refractivity contribution in [2.75, 3.05) is 6.61 Å². The van der Waals surface area contributed by atoms with E-state index in [9.17, 15) is 5.11 Å². The number of rotatable bonds is 6. The fourth-order valence-corrected chi connectivity index (χ4v) is 9.20. The van der Waals surface area contributed by atoms with Gasteiger partial charge in [0.1, 0.15) is 0 Å². The average molecular weight is 415 g/mol. The Kier molecular flexibility index (Phi) is 6.53. The van der Waals surface area contributed by atoms with Gasteiger partial charge in [0.25, 0.3) is 0 Å². The zero-order valence-corrected chi connectivity index (χ0v) is 20.9. The molecule has 4 aliphatic rings. The van der Waals surface area contributed by atoms with E-state index in [1.54, 1.807) is 0 Å². The van der Waals surface area contributed by atoms with Gasteiger partial charge in [-0.25, -0.2) is 0 Å². The monoisotopic (exact) mass is 414 g/mol. The van der Waals surface area contributed by atoms with Crippen molar-refractivity contribution in [3.05, 3.63) is 11.6 Å². The van der Waals surface area contributed by atoms with Gasteiger partial charge in [-0.3, -0.25) is 0 Å². The Labute approximate surface area is 187 Å². The molecule has 10 atom stereocenters. The Balaban J connectivity index is 1.48. The fraction of sp³-hybridized carbons (Fsp3) is 0.931. The molecular formula is C29H50O. The van der Waals surface area contributed by atoms with Crippen molar-refractivity contribution < 1.29 is 5.11 Å². The summed E-state index contributed by atoms with van der Waals surface area (Å²) in [6.07, 6.45) is 17.0. The third-order valence-corrected chi connectivity index (χ3v) is 11.5. The van der Waals surface area contributed by atoms with E-state index < -0.39 is 0 Å². The van der Waals surface area contributed by atoms with Crippen molar-refractivity contribution >= 4 is 0 Å². The van der Waals surface area contributed by atoms with Gasteiger partial charge >= 0.3 is 0 Å². The Bertz CT molecular complexity index is 636. The fourth-order valence-electron chi connectivity index (χ4n) is 9.20. The number of fused-ring (bicyclic) bond motifs is 5. The predicted molar refractivity (Wildman–Crippen MR) is 128 cm³/mol. The SMILES string of the molecule is CC1CCC[C@@]2(C)C1CC=C1[C@@H]3CC[C@H]([C@H](C)CC[C@H](C)C(C)CO)[C@@]3(C)CC[C@@H]12. The lowest BCUT2D eigenvalue weighted by Gasteiger charge is -2.58. The van der Waals surface area contributed by atoms with Gasteiger partial charge in [0, 0.05) is 6.61 Å². The predicted octanol–water partition coefficient (Wildman–Crippen LogP) is 7.88. The minimum Gasteiger partial charge on any atom is -0.396 e. The summed E-state index contributed by atoms with van der Waals surface area (Å²) in [4.78, 5) is 0. The van der Waals surface area contributed by atoms with E-state index in [4.69, 9.17) is 0 Å². The maximum absolute atomic E-state index is 9.50. The van der Waals surface area contributed by atoms with Gasteiger partial charge in [0.2, 0.25) is 0 Å². The Morgan fingerprint density at radius 2 is 1.67 bits per heavy atom. The van der Waals surface area contributed by atoms with Crippen LogP contribution < -0.4 is 0 Å². The number of hydrogen-bond donors (Lipinski definition) is 1. The summed E-state index contributed by atoms with van der Waals surface area (Å²) in [7, 11) is 0. The number of hydrogen-bond acceptors (Lipinski definition) is 1. The van der Waals surface area contributed by atoms with Crippen LogP contribution in [-0.4, -0.2) is 11.7 Å². The van der Waals surface area contributed by atoms with Crippen LogP contribution in [0, 0.1) is 58.2 Å². The first-order valence-corrected chi connectivity index (χ1v) is 13.5. The lowest BCUT2D eigenvalue weighted by Crippen LogP contribution is -2.50. The quantitative estimate of drug-likeness (QED) is 0.438. The first kappa shape index (κ1) is 22.9. The van der Waals surface area contributed by atoms with E-state index in [0.29, 0.717) is 29.3 Å². The van der Waals surface area contributed by atoms with E-state index in [2.05, 4.69) is 47.6 Å². The molecule has 1 heteroatoms. The largest absolute Gasteiger partial charge is 0.396 e. The lowest BCUT2D eigenvalue weighted by atomic mass is 9.46. The molecule has 0 aliphatic heterocycles. The van der Waals surface area contributed by atoms with Gasteiger partial charge in [-0.15, -0.1) is 0 Å². The smallest absolute Gasteiger partial charge is 0.0459 e. The first-order valence-electron chi connectivity index (χ1n) is 13.5. The minimum atomic E-state index is 0.340. The van der Waals surface area contributed by atoms with Crippen molar-refractivity contribution in [3.8, 4) is 0 Å². The molecule has 3 unspecified atom stereocenters. The zero-order valence-electron chi connectivity index (χ0n) is 20.9. The molecule has 0 spiro atoms. The van der Waals surface area contributed by atoms with Crippen LogP contribution in [-0.2, 0) is 0 Å². The molecule has 1 nitrogen and oxygen atoms in total. The molecule has 172 valence electrons. The first-order chi connectivity index (χ1) is 14.2. The van der Waals surface area contributed by atoms with E-state index in [-0.39, 0.29) is 0 Å². The highest BCUT2D eigenvalue weighted by atomic mass is 16.3. The molecule has 3 saturated carbocycles. The second-order valence-corrected chi connectivity index (χ2v) is 12.9. The van der Waals surface area contributed by atoms with Gasteiger partial charge in [0.15, 0.2) is 0 Å². The Hall–Kier alpha value is -0.300. The summed E-state index contributed by atoms with van der Waals surface area (Å²) >= 11 is 0. The van der Waals surface area contributed by atoms with Gasteiger partial charge in [-0.05, 0) is 96.7 Å². The summed E-state index contributed by atoms with van der Waals surface area (Å²) < 4.78 is 0. The highest BCUT2D eigenvalue weighted by Crippen LogP contribution is 2.67. The summed E-state index contributed by atoms with van der Waals surface area (Å²) in [6.45, 7) is 15.3. The molecule has 0 aromatic rings. The Morgan fingerprint density at radius 1 is 0.933 bits per heavy atom. The van der Waals surface area contributed by atoms with Gasteiger partial charge in [-0.2, -0.15) is 0 Å². The van der Waals surface area contributed by atoms with Crippen LogP contribution in [0.3, 0.4) is 0 Å². The van der Waals surface area contributed by atoms with Crippen molar-refractivity contribution in [2.45, 2.75) is 106 Å². The van der Waals surface area contributed by atoms with E-state index in [1.165, 1.54) is 64.2 Å². The maximum atomic E-state index is 9.50.